The van der Waals surface area contributed by atoms with Crippen LogP contribution in [0.2, 0.25) is 5.02 Å². The average Bonchev–Trinajstić information content (AvgIpc) is 3.26. The molecule has 4 rings (SSSR count). The predicted molar refractivity (Wildman–Crippen MR) is 153 cm³/mol. The van der Waals surface area contributed by atoms with E-state index in [0.717, 1.165) is 38.0 Å². The van der Waals surface area contributed by atoms with Crippen LogP contribution in [0.1, 0.15) is 48.8 Å². The number of likely N-dealkylation sites (tertiary alicyclic amines) is 1. The Balaban J connectivity index is 1.41. The summed E-state index contributed by atoms with van der Waals surface area (Å²) in [6.07, 6.45) is 1.33. The number of halogens is 1. The molecule has 1 aromatic heterocycles. The van der Waals surface area contributed by atoms with Crippen LogP contribution in [0.3, 0.4) is 0 Å². The molecule has 1 aliphatic heterocycles. The number of rotatable bonds is 7. The van der Waals surface area contributed by atoms with Gasteiger partial charge in [-0.2, -0.15) is 0 Å². The summed E-state index contributed by atoms with van der Waals surface area (Å²) >= 11 is 7.30. The number of nitrogens with two attached hydrogens (primary N) is 2. The fourth-order valence-electron chi connectivity index (χ4n) is 4.27. The van der Waals surface area contributed by atoms with Crippen LogP contribution in [0.15, 0.2) is 42.5 Å². The maximum Gasteiger partial charge on any atom is 0.407 e. The van der Waals surface area contributed by atoms with Gasteiger partial charge in [-0.1, -0.05) is 41.1 Å². The van der Waals surface area contributed by atoms with E-state index in [1.807, 2.05) is 45.0 Å². The molecule has 11 heteroatoms. The molecule has 38 heavy (non-hydrogen) atoms. The summed E-state index contributed by atoms with van der Waals surface area (Å²) in [5.41, 5.74) is 14.9. The highest BCUT2D eigenvalue weighted by atomic mass is 35.5. The smallest absolute Gasteiger partial charge is 0.407 e. The Morgan fingerprint density at radius 3 is 2.58 bits per heavy atom. The second-order valence-corrected chi connectivity index (χ2v) is 11.8. The molecule has 0 atom stereocenters. The van der Waals surface area contributed by atoms with Gasteiger partial charge in [0.25, 0.3) is 5.91 Å². The molecule has 0 unspecified atom stereocenters. The number of primary amides is 1. The lowest BCUT2D eigenvalue weighted by molar-refractivity contribution is 0.0477. The van der Waals surface area contributed by atoms with Crippen molar-refractivity contribution in [2.45, 2.75) is 51.8 Å². The van der Waals surface area contributed by atoms with Gasteiger partial charge in [0.05, 0.1) is 17.1 Å². The molecule has 0 spiro atoms. The van der Waals surface area contributed by atoms with E-state index in [1.54, 1.807) is 18.2 Å². The van der Waals surface area contributed by atoms with Crippen molar-refractivity contribution in [1.82, 2.24) is 15.2 Å². The third kappa shape index (κ3) is 7.37. The van der Waals surface area contributed by atoms with E-state index >= 15 is 0 Å². The third-order valence-corrected chi connectivity index (χ3v) is 7.24. The van der Waals surface area contributed by atoms with Crippen molar-refractivity contribution in [1.29, 1.82) is 0 Å². The van der Waals surface area contributed by atoms with Gasteiger partial charge in [0, 0.05) is 36.3 Å². The summed E-state index contributed by atoms with van der Waals surface area (Å²) in [6.45, 7) is 8.01. The van der Waals surface area contributed by atoms with E-state index in [2.05, 4.69) is 20.5 Å². The van der Waals surface area contributed by atoms with Crippen LogP contribution in [-0.2, 0) is 11.3 Å². The number of piperidine rings is 1. The van der Waals surface area contributed by atoms with Crippen LogP contribution >= 0.6 is 22.9 Å². The monoisotopic (exact) mass is 556 g/mol. The van der Waals surface area contributed by atoms with E-state index in [9.17, 15) is 9.59 Å². The maximum absolute atomic E-state index is 12.1. The summed E-state index contributed by atoms with van der Waals surface area (Å²) in [5, 5.41) is 7.28. The lowest BCUT2D eigenvalue weighted by atomic mass is 10.0. The van der Waals surface area contributed by atoms with Crippen LogP contribution < -0.4 is 22.1 Å². The van der Waals surface area contributed by atoms with Crippen molar-refractivity contribution in [3.63, 3.8) is 0 Å². The number of hydrogen-bond acceptors (Lipinski definition) is 8. The number of hydrogen-bond donors (Lipinski definition) is 4. The van der Waals surface area contributed by atoms with E-state index in [4.69, 9.17) is 27.8 Å². The minimum Gasteiger partial charge on any atom is -0.444 e. The first-order valence-corrected chi connectivity index (χ1v) is 13.6. The Morgan fingerprint density at radius 2 is 1.92 bits per heavy atom. The minimum atomic E-state index is -0.559. The van der Waals surface area contributed by atoms with E-state index in [1.165, 1.54) is 11.3 Å². The number of thiazole rings is 1. The number of carbonyl (C=O) groups is 2. The summed E-state index contributed by atoms with van der Waals surface area (Å²) in [7, 11) is 0. The molecule has 2 amide bonds. The first-order valence-electron chi connectivity index (χ1n) is 12.4. The fraction of sp³-hybridized carbons (Fsp3) is 0.370. The molecule has 0 bridgehead atoms. The summed E-state index contributed by atoms with van der Waals surface area (Å²) in [5.74, 6) is -0.559. The van der Waals surface area contributed by atoms with Crippen LogP contribution in [0.5, 0.6) is 0 Å². The quantitative estimate of drug-likeness (QED) is 0.287. The topological polar surface area (TPSA) is 136 Å². The molecule has 202 valence electrons. The van der Waals surface area contributed by atoms with Gasteiger partial charge in [-0.05, 0) is 63.4 Å². The van der Waals surface area contributed by atoms with Crippen molar-refractivity contribution < 1.29 is 14.3 Å². The zero-order valence-electron chi connectivity index (χ0n) is 21.7. The SMILES string of the molecule is CC(C)(C)OC(=O)NC1CCN(Cc2ccc(N)c(Nc3nc(-c4cccc(Cl)c4)c(C(N)=O)s3)c2)CC1. The lowest BCUT2D eigenvalue weighted by Gasteiger charge is -2.33. The first kappa shape index (κ1) is 27.7. The molecule has 0 radical (unpaired) electrons. The van der Waals surface area contributed by atoms with Gasteiger partial charge in [-0.15, -0.1) is 0 Å². The molecular weight excluding hydrogens is 524 g/mol. The highest BCUT2D eigenvalue weighted by molar-refractivity contribution is 7.18. The number of benzene rings is 2. The maximum atomic E-state index is 12.1. The number of nitrogens with one attached hydrogen (secondary N) is 2. The Bertz CT molecular complexity index is 1310. The van der Waals surface area contributed by atoms with Gasteiger partial charge in [0.2, 0.25) is 0 Å². The first-order chi connectivity index (χ1) is 18.0. The number of carbonyl (C=O) groups excluding carboxylic acids is 2. The number of ether oxygens (including phenoxy) is 1. The predicted octanol–water partition coefficient (Wildman–Crippen LogP) is 5.38. The second-order valence-electron chi connectivity index (χ2n) is 10.3. The molecule has 0 aliphatic carbocycles. The summed E-state index contributed by atoms with van der Waals surface area (Å²) < 4.78 is 5.37. The zero-order valence-corrected chi connectivity index (χ0v) is 23.3. The van der Waals surface area contributed by atoms with E-state index in [0.29, 0.717) is 37.7 Å². The lowest BCUT2D eigenvalue weighted by Crippen LogP contribution is -2.45. The van der Waals surface area contributed by atoms with E-state index < -0.39 is 11.5 Å². The Hall–Kier alpha value is -3.34. The number of nitrogen functional groups attached to an aromatic ring is 1. The Morgan fingerprint density at radius 1 is 1.18 bits per heavy atom. The van der Waals surface area contributed by atoms with Crippen molar-refractivity contribution in [3.05, 3.63) is 57.9 Å². The Kier molecular flexibility index (Phi) is 8.44. The summed E-state index contributed by atoms with van der Waals surface area (Å²) in [4.78, 5) is 31.5. The molecule has 6 N–H and O–H groups in total. The molecule has 1 aliphatic rings. The number of alkyl carbamates (subject to hydrolysis) is 1. The zero-order chi connectivity index (χ0) is 27.4. The molecule has 1 fully saturated rings. The minimum absolute atomic E-state index is 0.0998. The molecule has 9 nitrogen and oxygen atoms in total. The van der Waals surface area contributed by atoms with Crippen LogP contribution in [-0.4, -0.2) is 46.6 Å². The van der Waals surface area contributed by atoms with Crippen LogP contribution in [0.25, 0.3) is 11.3 Å². The van der Waals surface area contributed by atoms with Gasteiger partial charge in [0.1, 0.15) is 10.5 Å². The van der Waals surface area contributed by atoms with Gasteiger partial charge in [0.15, 0.2) is 5.13 Å². The fourth-order valence-corrected chi connectivity index (χ4v) is 5.31. The highest BCUT2D eigenvalue weighted by Crippen LogP contribution is 2.35. The number of amides is 2. The van der Waals surface area contributed by atoms with Crippen molar-refractivity contribution >= 4 is 51.4 Å². The average molecular weight is 557 g/mol. The molecule has 1 saturated heterocycles. The highest BCUT2D eigenvalue weighted by Gasteiger charge is 2.24. The van der Waals surface area contributed by atoms with Gasteiger partial charge in [-0.25, -0.2) is 9.78 Å². The molecular formula is C27H33ClN6O3S. The second kappa shape index (κ2) is 11.6. The number of nitrogens with zero attached hydrogens (tertiary/aromatic N) is 2. The number of anilines is 3. The molecule has 3 aromatic rings. The molecule has 2 aromatic carbocycles. The van der Waals surface area contributed by atoms with Gasteiger partial charge >= 0.3 is 6.09 Å². The number of aromatic nitrogens is 1. The van der Waals surface area contributed by atoms with E-state index in [-0.39, 0.29) is 12.1 Å². The Labute approximate surface area is 231 Å². The van der Waals surface area contributed by atoms with Gasteiger partial charge < -0.3 is 26.8 Å². The summed E-state index contributed by atoms with van der Waals surface area (Å²) in [6, 6.07) is 13.1. The molecule has 0 saturated carbocycles. The van der Waals surface area contributed by atoms with Crippen molar-refractivity contribution in [2.24, 2.45) is 5.73 Å². The normalized spacial score (nSPS) is 14.7. The molecule has 2 heterocycles. The third-order valence-electron chi connectivity index (χ3n) is 6.02. The van der Waals surface area contributed by atoms with Crippen molar-refractivity contribution in [3.8, 4) is 11.3 Å². The standard InChI is InChI=1S/C27H33ClN6O3S/c1-27(2,3)37-26(36)31-19-9-11-34(12-10-19)15-16-7-8-20(29)21(13-16)32-25-33-22(23(38-25)24(30)35)17-5-4-6-18(28)14-17/h4-8,13-14,19H,9-12,15,29H2,1-3H3,(H2,30,35)(H,31,36)(H,32,33). The van der Waals surface area contributed by atoms with Gasteiger partial charge in [-0.3, -0.25) is 9.69 Å². The van der Waals surface area contributed by atoms with Crippen LogP contribution in [0.4, 0.5) is 21.3 Å². The largest absolute Gasteiger partial charge is 0.444 e. The van der Waals surface area contributed by atoms with Crippen LogP contribution in [0, 0.1) is 0 Å². The van der Waals surface area contributed by atoms with Crippen molar-refractivity contribution in [2.75, 3.05) is 24.1 Å².